The number of allylic oxidation sites excluding steroid dienone is 1. The van der Waals surface area contributed by atoms with Gasteiger partial charge in [0.05, 0.1) is 28.7 Å². The van der Waals surface area contributed by atoms with Crippen LogP contribution in [0.25, 0.3) is 11.6 Å². The van der Waals surface area contributed by atoms with Gasteiger partial charge in [0.1, 0.15) is 0 Å². The number of non-ortho nitro benzene ring substituents is 1. The highest BCUT2D eigenvalue weighted by Crippen LogP contribution is 2.37. The third-order valence-electron chi connectivity index (χ3n) is 4.46. The van der Waals surface area contributed by atoms with Crippen LogP contribution in [-0.4, -0.2) is 24.5 Å². The monoisotopic (exact) mass is 463 g/mol. The van der Waals surface area contributed by atoms with E-state index < -0.39 is 4.92 Å². The first kappa shape index (κ1) is 23.3. The van der Waals surface area contributed by atoms with E-state index in [1.807, 2.05) is 12.1 Å². The van der Waals surface area contributed by atoms with Crippen molar-refractivity contribution < 1.29 is 19.2 Å². The molecular formula is C24H18ClN3O5. The van der Waals surface area contributed by atoms with Crippen molar-refractivity contribution in [2.75, 3.05) is 19.0 Å². The van der Waals surface area contributed by atoms with Crippen LogP contribution in [0.1, 0.15) is 11.1 Å². The van der Waals surface area contributed by atoms with Crippen LogP contribution in [0.2, 0.25) is 5.02 Å². The number of carbonyl (C=O) groups excluding carboxylic acids is 1. The molecule has 0 heterocycles. The van der Waals surface area contributed by atoms with Gasteiger partial charge in [-0.2, -0.15) is 5.26 Å². The molecule has 0 fully saturated rings. The van der Waals surface area contributed by atoms with Crippen LogP contribution in [0, 0.1) is 21.4 Å². The van der Waals surface area contributed by atoms with E-state index >= 15 is 0 Å². The number of nitriles is 1. The molecule has 9 heteroatoms. The second-order valence-electron chi connectivity index (χ2n) is 6.71. The predicted molar refractivity (Wildman–Crippen MR) is 125 cm³/mol. The van der Waals surface area contributed by atoms with Crippen molar-refractivity contribution in [2.24, 2.45) is 0 Å². The van der Waals surface area contributed by atoms with Crippen molar-refractivity contribution in [3.05, 3.63) is 93.0 Å². The maximum absolute atomic E-state index is 12.2. The number of nitrogens with one attached hydrogen (secondary N) is 1. The molecule has 0 unspecified atom stereocenters. The fraction of sp³-hybridized carbons (Fsp3) is 0.0833. The number of ether oxygens (including phenoxy) is 2. The number of amides is 1. The van der Waals surface area contributed by atoms with Crippen molar-refractivity contribution in [2.45, 2.75) is 0 Å². The molecule has 33 heavy (non-hydrogen) atoms. The summed E-state index contributed by atoms with van der Waals surface area (Å²) in [5.41, 5.74) is 1.62. The van der Waals surface area contributed by atoms with Crippen LogP contribution < -0.4 is 14.8 Å². The normalized spacial score (nSPS) is 10.8. The molecule has 0 atom stereocenters. The minimum atomic E-state index is -0.529. The van der Waals surface area contributed by atoms with Crippen LogP contribution in [0.4, 0.5) is 11.4 Å². The zero-order chi connectivity index (χ0) is 23.8. The number of nitro groups is 1. The SMILES string of the molecule is COc1cc(C=C(C#N)c2cccc([N+](=O)[O-])c2)cc(Cl)c1OCC(=O)Nc1ccccc1. The van der Waals surface area contributed by atoms with Gasteiger partial charge in [-0.05, 0) is 41.5 Å². The Bertz CT molecular complexity index is 1250. The lowest BCUT2D eigenvalue weighted by atomic mass is 10.0. The molecule has 1 N–H and O–H groups in total. The standard InChI is InChI=1S/C24H18ClN3O5/c1-32-22-12-16(10-18(14-26)17-6-5-9-20(13-17)28(30)31)11-21(25)24(22)33-15-23(29)27-19-7-3-2-4-8-19/h2-13H,15H2,1H3,(H,27,29). The fourth-order valence-electron chi connectivity index (χ4n) is 2.95. The summed E-state index contributed by atoms with van der Waals surface area (Å²) in [7, 11) is 1.42. The van der Waals surface area contributed by atoms with Crippen molar-refractivity contribution in [1.29, 1.82) is 5.26 Å². The molecule has 3 aromatic carbocycles. The van der Waals surface area contributed by atoms with E-state index in [2.05, 4.69) is 5.32 Å². The Morgan fingerprint density at radius 2 is 1.94 bits per heavy atom. The maximum atomic E-state index is 12.2. The highest BCUT2D eigenvalue weighted by Gasteiger charge is 2.15. The van der Waals surface area contributed by atoms with Gasteiger partial charge in [-0.15, -0.1) is 0 Å². The average molecular weight is 464 g/mol. The first-order valence-corrected chi connectivity index (χ1v) is 10.0. The fourth-order valence-corrected chi connectivity index (χ4v) is 3.23. The third-order valence-corrected chi connectivity index (χ3v) is 4.74. The van der Waals surface area contributed by atoms with Gasteiger partial charge < -0.3 is 14.8 Å². The molecule has 8 nitrogen and oxygen atoms in total. The highest BCUT2D eigenvalue weighted by atomic mass is 35.5. The highest BCUT2D eigenvalue weighted by molar-refractivity contribution is 6.32. The van der Waals surface area contributed by atoms with Crippen LogP contribution >= 0.6 is 11.6 Å². The van der Waals surface area contributed by atoms with Gasteiger partial charge in [0.15, 0.2) is 18.1 Å². The van der Waals surface area contributed by atoms with E-state index in [1.165, 1.54) is 31.4 Å². The van der Waals surface area contributed by atoms with Crippen molar-refractivity contribution in [1.82, 2.24) is 0 Å². The summed E-state index contributed by atoms with van der Waals surface area (Å²) in [5, 5.41) is 23.5. The molecule has 0 saturated carbocycles. The van der Waals surface area contributed by atoms with Gasteiger partial charge in [-0.3, -0.25) is 14.9 Å². The molecule has 0 saturated heterocycles. The minimum Gasteiger partial charge on any atom is -0.493 e. The maximum Gasteiger partial charge on any atom is 0.270 e. The summed E-state index contributed by atoms with van der Waals surface area (Å²) in [4.78, 5) is 22.7. The number of hydrogen-bond acceptors (Lipinski definition) is 6. The predicted octanol–water partition coefficient (Wildman–Crippen LogP) is 5.34. The molecule has 3 rings (SSSR count). The van der Waals surface area contributed by atoms with Crippen molar-refractivity contribution in [3.8, 4) is 17.6 Å². The van der Waals surface area contributed by atoms with E-state index in [1.54, 1.807) is 42.5 Å². The minimum absolute atomic E-state index is 0.123. The van der Waals surface area contributed by atoms with Crippen molar-refractivity contribution >= 4 is 40.5 Å². The quantitative estimate of drug-likeness (QED) is 0.209. The Morgan fingerprint density at radius 3 is 2.61 bits per heavy atom. The topological polar surface area (TPSA) is 114 Å². The van der Waals surface area contributed by atoms with Crippen LogP contribution in [0.3, 0.4) is 0 Å². The molecule has 0 radical (unpaired) electrons. The van der Waals surface area contributed by atoms with E-state index in [0.717, 1.165) is 0 Å². The molecule has 1 amide bonds. The van der Waals surface area contributed by atoms with Gasteiger partial charge in [-0.1, -0.05) is 41.9 Å². The molecule has 166 valence electrons. The second kappa shape index (κ2) is 10.8. The molecule has 0 aromatic heterocycles. The van der Waals surface area contributed by atoms with E-state index in [0.29, 0.717) is 16.8 Å². The number of methoxy groups -OCH3 is 1. The third kappa shape index (κ3) is 6.09. The molecule has 0 spiro atoms. The lowest BCUT2D eigenvalue weighted by molar-refractivity contribution is -0.384. The first-order valence-electron chi connectivity index (χ1n) is 9.63. The second-order valence-corrected chi connectivity index (χ2v) is 7.12. The van der Waals surface area contributed by atoms with Crippen LogP contribution in [-0.2, 0) is 4.79 Å². The Kier molecular flexibility index (Phi) is 7.63. The molecule has 0 aliphatic carbocycles. The first-order chi connectivity index (χ1) is 15.9. The number of benzene rings is 3. The molecule has 0 aliphatic rings. The van der Waals surface area contributed by atoms with Crippen LogP contribution in [0.5, 0.6) is 11.5 Å². The van der Waals surface area contributed by atoms with Crippen LogP contribution in [0.15, 0.2) is 66.7 Å². The van der Waals surface area contributed by atoms with E-state index in [9.17, 15) is 20.2 Å². The molecule has 3 aromatic rings. The number of hydrogen-bond donors (Lipinski definition) is 1. The average Bonchev–Trinajstić information content (AvgIpc) is 2.82. The van der Waals surface area contributed by atoms with Gasteiger partial charge in [0, 0.05) is 17.8 Å². The summed E-state index contributed by atoms with van der Waals surface area (Å²) in [5.74, 6) is 0.0618. The number of nitrogens with zero attached hydrogens (tertiary/aromatic N) is 2. The van der Waals surface area contributed by atoms with Gasteiger partial charge in [0.2, 0.25) is 0 Å². The van der Waals surface area contributed by atoms with E-state index in [4.69, 9.17) is 21.1 Å². The molecule has 0 bridgehead atoms. The Labute approximate surface area is 194 Å². The summed E-state index contributed by atoms with van der Waals surface area (Å²) in [6, 6.07) is 19.9. The zero-order valence-corrected chi connectivity index (χ0v) is 18.2. The summed E-state index contributed by atoms with van der Waals surface area (Å²) in [6.07, 6.45) is 1.53. The summed E-state index contributed by atoms with van der Waals surface area (Å²) < 4.78 is 10.9. The van der Waals surface area contributed by atoms with Crippen molar-refractivity contribution in [3.63, 3.8) is 0 Å². The number of anilines is 1. The lowest BCUT2D eigenvalue weighted by Crippen LogP contribution is -2.20. The number of halogens is 1. The Hall–Kier alpha value is -4.35. The number of para-hydroxylation sites is 1. The lowest BCUT2D eigenvalue weighted by Gasteiger charge is -2.13. The number of nitro benzene ring substituents is 1. The zero-order valence-electron chi connectivity index (χ0n) is 17.4. The largest absolute Gasteiger partial charge is 0.493 e. The van der Waals surface area contributed by atoms with Gasteiger partial charge in [-0.25, -0.2) is 0 Å². The Morgan fingerprint density at radius 1 is 1.18 bits per heavy atom. The van der Waals surface area contributed by atoms with Gasteiger partial charge >= 0.3 is 0 Å². The Balaban J connectivity index is 1.82. The molecular weight excluding hydrogens is 446 g/mol. The summed E-state index contributed by atoms with van der Waals surface area (Å²) >= 11 is 6.36. The molecule has 0 aliphatic heterocycles. The van der Waals surface area contributed by atoms with E-state index in [-0.39, 0.29) is 40.3 Å². The number of rotatable bonds is 8. The summed E-state index contributed by atoms with van der Waals surface area (Å²) in [6.45, 7) is -0.294. The number of carbonyl (C=O) groups is 1. The smallest absolute Gasteiger partial charge is 0.270 e. The van der Waals surface area contributed by atoms with Gasteiger partial charge in [0.25, 0.3) is 11.6 Å².